The van der Waals surface area contributed by atoms with Crippen molar-refractivity contribution in [3.05, 3.63) is 96.5 Å². The van der Waals surface area contributed by atoms with Crippen molar-refractivity contribution < 1.29 is 14.3 Å². The van der Waals surface area contributed by atoms with Crippen molar-refractivity contribution in [2.24, 2.45) is 14.1 Å². The number of nitrogens with zero attached hydrogens (tertiary/aromatic N) is 2. The molecule has 0 bridgehead atoms. The lowest BCUT2D eigenvalue weighted by molar-refractivity contribution is 0.414. The molecule has 2 aromatic heterocycles. The van der Waals surface area contributed by atoms with Crippen LogP contribution in [0.2, 0.25) is 0 Å². The summed E-state index contributed by atoms with van der Waals surface area (Å²) in [5, 5.41) is 11.4. The number of para-hydroxylation sites is 1. The second-order valence-corrected chi connectivity index (χ2v) is 7.36. The summed E-state index contributed by atoms with van der Waals surface area (Å²) in [6.45, 7) is 0. The molecular weight excluding hydrogens is 414 g/mol. The number of hydrogen-bond donors (Lipinski definition) is 2. The predicted octanol–water partition coefficient (Wildman–Crippen LogP) is 1.67. The maximum atomic E-state index is 13.2. The third-order valence-corrected chi connectivity index (χ3v) is 5.59. The molecule has 0 radical (unpaired) electrons. The summed E-state index contributed by atoms with van der Waals surface area (Å²) in [5.74, 6) is -0.991. The molecule has 0 aliphatic rings. The van der Waals surface area contributed by atoms with Gasteiger partial charge in [-0.05, 0) is 29.8 Å². The first-order valence-electron chi connectivity index (χ1n) is 9.70. The average molecular weight is 435 g/mol. The van der Waals surface area contributed by atoms with Crippen molar-refractivity contribution in [3.63, 3.8) is 0 Å². The zero-order chi connectivity index (χ0) is 23.2. The topological polar surface area (TPSA) is 130 Å². The van der Waals surface area contributed by atoms with Crippen LogP contribution in [0.4, 0.5) is 5.82 Å². The predicted molar refractivity (Wildman–Crippen MR) is 119 cm³/mol. The van der Waals surface area contributed by atoms with Crippen LogP contribution in [0.25, 0.3) is 11.0 Å². The molecule has 0 fully saturated rings. The summed E-state index contributed by atoms with van der Waals surface area (Å²) in [6, 6.07) is 13.1. The Bertz CT molecular complexity index is 1510. The van der Waals surface area contributed by atoms with Crippen LogP contribution in [0.5, 0.6) is 11.5 Å². The number of rotatable bonds is 4. The number of anilines is 1. The average Bonchev–Trinajstić information content (AvgIpc) is 2.80. The Morgan fingerprint density at radius 1 is 0.969 bits per heavy atom. The molecule has 32 heavy (non-hydrogen) atoms. The van der Waals surface area contributed by atoms with Gasteiger partial charge in [0, 0.05) is 14.1 Å². The smallest absolute Gasteiger partial charge is 0.344 e. The van der Waals surface area contributed by atoms with Crippen molar-refractivity contribution in [1.29, 1.82) is 0 Å². The van der Waals surface area contributed by atoms with Crippen LogP contribution in [-0.2, 0) is 14.1 Å². The Hall–Kier alpha value is -4.27. The van der Waals surface area contributed by atoms with Gasteiger partial charge in [0.15, 0.2) is 0 Å². The SMILES string of the molecule is COc1ccc(C(c2c(O)c3ccccc3oc2=O)c2c(N)n(C)c(=O)n(C)c2=O)cc1. The second kappa shape index (κ2) is 7.77. The molecule has 0 saturated heterocycles. The lowest BCUT2D eigenvalue weighted by atomic mass is 9.85. The molecule has 1 unspecified atom stereocenters. The molecule has 0 aliphatic heterocycles. The van der Waals surface area contributed by atoms with Crippen LogP contribution in [0.3, 0.4) is 0 Å². The standard InChI is InChI=1S/C23H21N3O6/c1-25-20(24)18(21(28)26(2)23(25)30)16(12-8-10-13(31-3)11-9-12)17-19(27)14-6-4-5-7-15(14)32-22(17)29/h4-11,16,27H,24H2,1-3H3. The van der Waals surface area contributed by atoms with Gasteiger partial charge in [-0.2, -0.15) is 0 Å². The fourth-order valence-electron chi connectivity index (χ4n) is 3.83. The van der Waals surface area contributed by atoms with Gasteiger partial charge in [-0.1, -0.05) is 24.3 Å². The molecule has 3 N–H and O–H groups in total. The zero-order valence-electron chi connectivity index (χ0n) is 17.7. The maximum Gasteiger partial charge on any atom is 0.344 e. The molecule has 9 heteroatoms. The van der Waals surface area contributed by atoms with Gasteiger partial charge in [0.25, 0.3) is 5.56 Å². The Balaban J connectivity index is 2.15. The zero-order valence-corrected chi connectivity index (χ0v) is 17.7. The van der Waals surface area contributed by atoms with Crippen LogP contribution in [0.1, 0.15) is 22.6 Å². The molecule has 2 heterocycles. The van der Waals surface area contributed by atoms with E-state index in [1.54, 1.807) is 48.5 Å². The number of ether oxygens (including phenoxy) is 1. The van der Waals surface area contributed by atoms with E-state index in [9.17, 15) is 19.5 Å². The maximum absolute atomic E-state index is 13.2. The number of nitrogen functional groups attached to an aromatic ring is 1. The summed E-state index contributed by atoms with van der Waals surface area (Å²) in [4.78, 5) is 38.6. The molecule has 4 rings (SSSR count). The fraction of sp³-hybridized carbons (Fsp3) is 0.174. The first-order valence-corrected chi connectivity index (χ1v) is 9.70. The van der Waals surface area contributed by atoms with Gasteiger partial charge in [0.2, 0.25) is 0 Å². The van der Waals surface area contributed by atoms with Gasteiger partial charge >= 0.3 is 11.3 Å². The Kier molecular flexibility index (Phi) is 5.09. The number of methoxy groups -OCH3 is 1. The summed E-state index contributed by atoms with van der Waals surface area (Å²) in [7, 11) is 4.26. The highest BCUT2D eigenvalue weighted by Gasteiger charge is 2.32. The van der Waals surface area contributed by atoms with E-state index in [0.29, 0.717) is 16.7 Å². The monoisotopic (exact) mass is 435 g/mol. The third kappa shape index (κ3) is 3.15. The van der Waals surface area contributed by atoms with Crippen LogP contribution in [0.15, 0.2) is 67.3 Å². The van der Waals surface area contributed by atoms with Gasteiger partial charge in [-0.25, -0.2) is 9.59 Å². The lowest BCUT2D eigenvalue weighted by Gasteiger charge is -2.22. The minimum absolute atomic E-state index is 0.0300. The van der Waals surface area contributed by atoms with Crippen molar-refractivity contribution in [3.8, 4) is 11.5 Å². The van der Waals surface area contributed by atoms with Crippen LogP contribution < -0.4 is 27.3 Å². The van der Waals surface area contributed by atoms with Crippen LogP contribution >= 0.6 is 0 Å². The number of aromatic hydroxyl groups is 1. The van der Waals surface area contributed by atoms with E-state index in [0.717, 1.165) is 9.13 Å². The third-order valence-electron chi connectivity index (χ3n) is 5.59. The highest BCUT2D eigenvalue weighted by atomic mass is 16.5. The molecule has 0 saturated carbocycles. The highest BCUT2D eigenvalue weighted by molar-refractivity contribution is 5.84. The minimum atomic E-state index is -1.10. The van der Waals surface area contributed by atoms with Gasteiger partial charge in [0.05, 0.1) is 29.5 Å². The summed E-state index contributed by atoms with van der Waals surface area (Å²) in [5.41, 5.74) is 4.59. The van der Waals surface area contributed by atoms with Crippen LogP contribution in [0, 0.1) is 0 Å². The quantitative estimate of drug-likeness (QED) is 0.466. The highest BCUT2D eigenvalue weighted by Crippen LogP contribution is 2.38. The molecular formula is C23H21N3O6. The fourth-order valence-corrected chi connectivity index (χ4v) is 3.83. The first-order chi connectivity index (χ1) is 15.3. The normalized spacial score (nSPS) is 12.1. The van der Waals surface area contributed by atoms with Crippen molar-refractivity contribution >= 4 is 16.8 Å². The summed E-state index contributed by atoms with van der Waals surface area (Å²) in [6.07, 6.45) is 0. The number of aromatic nitrogens is 2. The van der Waals surface area contributed by atoms with E-state index in [4.69, 9.17) is 14.9 Å². The Morgan fingerprint density at radius 2 is 1.62 bits per heavy atom. The molecule has 0 amide bonds. The molecule has 2 aromatic carbocycles. The number of benzene rings is 2. The van der Waals surface area contributed by atoms with Gasteiger partial charge in [0.1, 0.15) is 22.9 Å². The Labute approximate surface area is 181 Å². The molecule has 164 valence electrons. The molecule has 9 nitrogen and oxygen atoms in total. The lowest BCUT2D eigenvalue weighted by Crippen LogP contribution is -2.41. The van der Waals surface area contributed by atoms with Crippen molar-refractivity contribution in [2.45, 2.75) is 5.92 Å². The molecule has 1 atom stereocenters. The van der Waals surface area contributed by atoms with Crippen molar-refractivity contribution in [2.75, 3.05) is 12.8 Å². The molecule has 4 aromatic rings. The van der Waals surface area contributed by atoms with E-state index in [1.807, 2.05) is 0 Å². The minimum Gasteiger partial charge on any atom is -0.507 e. The van der Waals surface area contributed by atoms with E-state index < -0.39 is 22.8 Å². The van der Waals surface area contributed by atoms with Gasteiger partial charge in [-0.3, -0.25) is 13.9 Å². The van der Waals surface area contributed by atoms with E-state index in [1.165, 1.54) is 21.2 Å². The number of hydrogen-bond acceptors (Lipinski definition) is 7. The van der Waals surface area contributed by atoms with Gasteiger partial charge in [-0.15, -0.1) is 0 Å². The number of fused-ring (bicyclic) bond motifs is 1. The van der Waals surface area contributed by atoms with Gasteiger partial charge < -0.3 is 20.0 Å². The van der Waals surface area contributed by atoms with E-state index >= 15 is 0 Å². The first kappa shape index (κ1) is 21.0. The van der Waals surface area contributed by atoms with Crippen LogP contribution in [-0.4, -0.2) is 21.4 Å². The number of nitrogens with two attached hydrogens (primary N) is 1. The van der Waals surface area contributed by atoms with Crippen molar-refractivity contribution in [1.82, 2.24) is 9.13 Å². The largest absolute Gasteiger partial charge is 0.507 e. The molecule has 0 spiro atoms. The molecule has 0 aliphatic carbocycles. The summed E-state index contributed by atoms with van der Waals surface area (Å²) >= 11 is 0. The van der Waals surface area contributed by atoms with E-state index in [-0.39, 0.29) is 28.3 Å². The van der Waals surface area contributed by atoms with E-state index in [2.05, 4.69) is 0 Å². The summed E-state index contributed by atoms with van der Waals surface area (Å²) < 4.78 is 12.7. The Morgan fingerprint density at radius 3 is 2.28 bits per heavy atom. The second-order valence-electron chi connectivity index (χ2n) is 7.36.